The van der Waals surface area contributed by atoms with E-state index in [9.17, 15) is 9.36 Å². The molecular weight excluding hydrogens is 601 g/mol. The van der Waals surface area contributed by atoms with Crippen LogP contribution in [0.2, 0.25) is 5.28 Å². The number of amides is 1. The molecule has 240 valence electrons. The van der Waals surface area contributed by atoms with Gasteiger partial charge in [-0.1, -0.05) is 12.8 Å². The molecule has 0 N–H and O–H groups in total. The molecule has 0 aromatic carbocycles. The first kappa shape index (κ1) is 32.5. The van der Waals surface area contributed by atoms with E-state index in [1.54, 1.807) is 36.3 Å². The summed E-state index contributed by atoms with van der Waals surface area (Å²) in [4.78, 5) is 24.1. The molecule has 1 saturated carbocycles. The van der Waals surface area contributed by atoms with E-state index in [-0.39, 0.29) is 17.9 Å². The lowest BCUT2D eigenvalue weighted by Crippen LogP contribution is -2.43. The summed E-state index contributed by atoms with van der Waals surface area (Å²) in [6.45, 7) is 14.6. The number of anilines is 1. The van der Waals surface area contributed by atoms with Crippen LogP contribution in [-0.4, -0.2) is 87.3 Å². The maximum Gasteiger partial charge on any atom is 0.416 e. The number of fused-ring (bicyclic) bond motifs is 2. The second kappa shape index (κ2) is 12.2. The largest absolute Gasteiger partial charge is 0.443 e. The minimum atomic E-state index is -2.98. The van der Waals surface area contributed by atoms with E-state index in [0.29, 0.717) is 23.5 Å². The van der Waals surface area contributed by atoms with Crippen molar-refractivity contribution in [2.75, 3.05) is 24.8 Å². The highest BCUT2D eigenvalue weighted by atomic mass is 35.5. The third-order valence-electron chi connectivity index (χ3n) is 7.83. The van der Waals surface area contributed by atoms with Crippen LogP contribution in [0, 0.1) is 0 Å². The van der Waals surface area contributed by atoms with Crippen molar-refractivity contribution in [3.8, 4) is 0 Å². The van der Waals surface area contributed by atoms with Crippen molar-refractivity contribution in [2.24, 2.45) is 0 Å². The molecule has 3 aliphatic rings. The Morgan fingerprint density at radius 2 is 1.91 bits per heavy atom. The van der Waals surface area contributed by atoms with E-state index in [4.69, 9.17) is 39.8 Å². The van der Waals surface area contributed by atoms with Crippen LogP contribution in [0.1, 0.15) is 80.4 Å². The summed E-state index contributed by atoms with van der Waals surface area (Å²) >= 11 is 6.49. The van der Waals surface area contributed by atoms with Crippen molar-refractivity contribution in [1.29, 1.82) is 0 Å². The molecule has 1 amide bonds. The van der Waals surface area contributed by atoms with Gasteiger partial charge in [0.25, 0.3) is 0 Å². The Hall–Kier alpha value is -1.86. The van der Waals surface area contributed by atoms with Crippen LogP contribution in [0.5, 0.6) is 0 Å². The van der Waals surface area contributed by atoms with E-state index in [2.05, 4.69) is 15.1 Å². The Balaban J connectivity index is 1.48. The number of carbonyl (C=O) groups excluding carboxylic acids is 1. The average Bonchev–Trinajstić information content (AvgIpc) is 3.66. The molecule has 43 heavy (non-hydrogen) atoms. The zero-order valence-corrected chi connectivity index (χ0v) is 27.8. The molecule has 2 aliphatic heterocycles. The van der Waals surface area contributed by atoms with Crippen LogP contribution in [0.15, 0.2) is 6.20 Å². The average molecular weight is 644 g/mol. The summed E-state index contributed by atoms with van der Waals surface area (Å²) in [5.74, 6) is -1.19. The Bertz CT molecular complexity index is 1380. The second-order valence-electron chi connectivity index (χ2n) is 12.8. The molecule has 0 bridgehead atoms. The number of hydrogen-bond donors (Lipinski definition) is 0. The van der Waals surface area contributed by atoms with Crippen molar-refractivity contribution >= 4 is 41.9 Å². The van der Waals surface area contributed by atoms with E-state index in [1.807, 2.05) is 34.6 Å². The van der Waals surface area contributed by atoms with Gasteiger partial charge in [-0.05, 0) is 72.9 Å². The zero-order valence-electron chi connectivity index (χ0n) is 26.1. The van der Waals surface area contributed by atoms with Gasteiger partial charge in [-0.3, -0.25) is 9.46 Å². The van der Waals surface area contributed by atoms with Crippen molar-refractivity contribution < 1.29 is 37.6 Å². The first-order chi connectivity index (χ1) is 20.1. The van der Waals surface area contributed by atoms with Gasteiger partial charge in [-0.2, -0.15) is 15.1 Å². The standard InChI is InChI=1S/C28H43ClN5O8P/c1-9-38-43(8,36)16(2)37-15-19-20-21(41-28(6,7)40-20)24(39-19)34-23-18(14-30-34)22(31-25(29)32-23)33(17-12-10-11-13-17)26(35)42-27(3,4)5/h14,16-17,19-21,24H,9-13,15H2,1-8H3/t16?,19-,20-,21-,24-,43?/m1/s1. The molecular formula is C28H43ClN5O8P. The molecule has 6 atom stereocenters. The summed E-state index contributed by atoms with van der Waals surface area (Å²) in [7, 11) is -2.98. The van der Waals surface area contributed by atoms with Gasteiger partial charge >= 0.3 is 6.09 Å². The molecule has 0 radical (unpaired) electrons. The topological polar surface area (TPSA) is 136 Å². The number of halogens is 1. The fourth-order valence-corrected chi connectivity index (χ4v) is 7.10. The fraction of sp³-hybridized carbons (Fsp3) is 0.786. The van der Waals surface area contributed by atoms with Crippen LogP contribution < -0.4 is 4.90 Å². The van der Waals surface area contributed by atoms with Gasteiger partial charge in [-0.15, -0.1) is 0 Å². The highest BCUT2D eigenvalue weighted by Gasteiger charge is 2.57. The van der Waals surface area contributed by atoms with E-state index in [1.165, 1.54) is 0 Å². The summed E-state index contributed by atoms with van der Waals surface area (Å²) in [5, 5.41) is 5.12. The molecule has 2 unspecified atom stereocenters. The molecule has 1 aliphatic carbocycles. The molecule has 2 aromatic heterocycles. The maximum atomic E-state index is 13.5. The summed E-state index contributed by atoms with van der Waals surface area (Å²) in [6, 6.07) is -0.0958. The SMILES string of the molecule is CCOP(C)(=O)C(C)OC[C@H]1O[C@@H](n2ncc3c(N(C(=O)OC(C)(C)C)C4CCCC4)nc(Cl)nc32)[C@@H]2OC(C)(C)O[C@@H]21. The molecule has 15 heteroatoms. The van der Waals surface area contributed by atoms with Gasteiger partial charge in [-0.25, -0.2) is 9.48 Å². The predicted molar refractivity (Wildman–Crippen MR) is 160 cm³/mol. The lowest BCUT2D eigenvalue weighted by molar-refractivity contribution is -0.203. The van der Waals surface area contributed by atoms with Crippen LogP contribution in [-0.2, 0) is 32.8 Å². The summed E-state index contributed by atoms with van der Waals surface area (Å²) < 4.78 is 50.6. The zero-order chi connectivity index (χ0) is 31.3. The van der Waals surface area contributed by atoms with Gasteiger partial charge < -0.3 is 28.2 Å². The number of nitrogens with zero attached hydrogens (tertiary/aromatic N) is 5. The third-order valence-corrected chi connectivity index (χ3v) is 10.2. The summed E-state index contributed by atoms with van der Waals surface area (Å²) in [6.07, 6.45) is 2.37. The van der Waals surface area contributed by atoms with Crippen molar-refractivity contribution in [3.05, 3.63) is 11.5 Å². The van der Waals surface area contributed by atoms with Crippen LogP contribution in [0.25, 0.3) is 11.0 Å². The molecule has 0 spiro atoms. The highest BCUT2D eigenvalue weighted by molar-refractivity contribution is 7.58. The predicted octanol–water partition coefficient (Wildman–Crippen LogP) is 5.89. The van der Waals surface area contributed by atoms with Gasteiger partial charge in [0, 0.05) is 12.7 Å². The molecule has 4 heterocycles. The van der Waals surface area contributed by atoms with Crippen molar-refractivity contribution in [2.45, 2.75) is 122 Å². The monoisotopic (exact) mass is 643 g/mol. The van der Waals surface area contributed by atoms with Gasteiger partial charge in [0.1, 0.15) is 29.8 Å². The minimum Gasteiger partial charge on any atom is -0.443 e. The first-order valence-electron chi connectivity index (χ1n) is 14.9. The Kier molecular flexibility index (Phi) is 9.19. The van der Waals surface area contributed by atoms with E-state index < -0.39 is 55.2 Å². The van der Waals surface area contributed by atoms with Gasteiger partial charge in [0.15, 0.2) is 23.5 Å². The van der Waals surface area contributed by atoms with Crippen molar-refractivity contribution in [1.82, 2.24) is 19.7 Å². The van der Waals surface area contributed by atoms with Gasteiger partial charge in [0.2, 0.25) is 12.7 Å². The number of ether oxygens (including phenoxy) is 5. The fourth-order valence-electron chi connectivity index (χ4n) is 5.86. The molecule has 2 aromatic rings. The van der Waals surface area contributed by atoms with Crippen LogP contribution in [0.4, 0.5) is 10.6 Å². The quantitative estimate of drug-likeness (QED) is 0.239. The van der Waals surface area contributed by atoms with E-state index >= 15 is 0 Å². The number of hydrogen-bond acceptors (Lipinski definition) is 11. The third kappa shape index (κ3) is 6.88. The minimum absolute atomic E-state index is 0.0439. The molecule has 3 fully saturated rings. The maximum absolute atomic E-state index is 13.5. The molecule has 5 rings (SSSR count). The first-order valence-corrected chi connectivity index (χ1v) is 17.4. The smallest absolute Gasteiger partial charge is 0.416 e. The number of aromatic nitrogens is 4. The lowest BCUT2D eigenvalue weighted by Gasteiger charge is -2.31. The van der Waals surface area contributed by atoms with E-state index in [0.717, 1.165) is 25.7 Å². The second-order valence-corrected chi connectivity index (χ2v) is 16.0. The van der Waals surface area contributed by atoms with Crippen LogP contribution >= 0.6 is 19.0 Å². The van der Waals surface area contributed by atoms with Crippen LogP contribution in [0.3, 0.4) is 0 Å². The van der Waals surface area contributed by atoms with Gasteiger partial charge in [0.05, 0.1) is 24.8 Å². The lowest BCUT2D eigenvalue weighted by atomic mass is 10.1. The normalized spacial score (nSPS) is 27.7. The number of rotatable bonds is 9. The molecule has 2 saturated heterocycles. The molecule has 13 nitrogen and oxygen atoms in total. The summed E-state index contributed by atoms with van der Waals surface area (Å²) in [5.41, 5.74) is -0.321. The van der Waals surface area contributed by atoms with Crippen molar-refractivity contribution in [3.63, 3.8) is 0 Å². The highest BCUT2D eigenvalue weighted by Crippen LogP contribution is 2.49. The Morgan fingerprint density at radius 1 is 1.23 bits per heavy atom. The number of carbonyl (C=O) groups is 1. The Labute approximate surface area is 257 Å². The Morgan fingerprint density at radius 3 is 2.56 bits per heavy atom.